The van der Waals surface area contributed by atoms with E-state index < -0.39 is 11.6 Å². The summed E-state index contributed by atoms with van der Waals surface area (Å²) in [5.74, 6) is -0.792. The summed E-state index contributed by atoms with van der Waals surface area (Å²) in [5.41, 5.74) is 3.15. The summed E-state index contributed by atoms with van der Waals surface area (Å²) in [6.45, 7) is 0. The highest BCUT2D eigenvalue weighted by molar-refractivity contribution is 5.83. The van der Waals surface area contributed by atoms with Crippen molar-refractivity contribution in [2.45, 2.75) is 31.4 Å². The van der Waals surface area contributed by atoms with Crippen LogP contribution in [0.25, 0.3) is 0 Å². The SMILES string of the molecule is NC(=O)C1(F)CCCC1. The third kappa shape index (κ3) is 1.04. The van der Waals surface area contributed by atoms with Gasteiger partial charge in [-0.1, -0.05) is 0 Å². The third-order valence-electron chi connectivity index (χ3n) is 1.84. The van der Waals surface area contributed by atoms with Gasteiger partial charge >= 0.3 is 0 Å². The fourth-order valence-corrected chi connectivity index (χ4v) is 1.18. The predicted molar refractivity (Wildman–Crippen MR) is 31.5 cm³/mol. The normalized spacial score (nSPS) is 24.1. The second-order valence-corrected chi connectivity index (χ2v) is 2.54. The smallest absolute Gasteiger partial charge is 0.255 e. The van der Waals surface area contributed by atoms with Crippen LogP contribution in [0.3, 0.4) is 0 Å². The second kappa shape index (κ2) is 1.97. The van der Waals surface area contributed by atoms with E-state index in [-0.39, 0.29) is 0 Å². The largest absolute Gasteiger partial charge is 0.367 e. The van der Waals surface area contributed by atoms with Crippen LogP contribution < -0.4 is 5.73 Å². The van der Waals surface area contributed by atoms with Crippen molar-refractivity contribution in [3.8, 4) is 0 Å². The molecule has 0 aromatic heterocycles. The Kier molecular flexibility index (Phi) is 1.43. The van der Waals surface area contributed by atoms with Crippen molar-refractivity contribution >= 4 is 5.91 Å². The lowest BCUT2D eigenvalue weighted by molar-refractivity contribution is -0.129. The maximum atomic E-state index is 13.0. The zero-order chi connectivity index (χ0) is 6.91. The fourth-order valence-electron chi connectivity index (χ4n) is 1.18. The minimum atomic E-state index is -1.67. The van der Waals surface area contributed by atoms with E-state index in [1.54, 1.807) is 0 Å². The molecule has 1 aliphatic rings. The molecule has 0 aromatic carbocycles. The van der Waals surface area contributed by atoms with Crippen LogP contribution in [0, 0.1) is 0 Å². The summed E-state index contributed by atoms with van der Waals surface area (Å²) in [7, 11) is 0. The van der Waals surface area contributed by atoms with Crippen LogP contribution in [0.1, 0.15) is 25.7 Å². The molecule has 0 radical (unpaired) electrons. The van der Waals surface area contributed by atoms with Crippen molar-refractivity contribution < 1.29 is 9.18 Å². The van der Waals surface area contributed by atoms with Gasteiger partial charge in [0.1, 0.15) is 0 Å². The van der Waals surface area contributed by atoms with Crippen LogP contribution in [-0.2, 0) is 4.79 Å². The van der Waals surface area contributed by atoms with Crippen molar-refractivity contribution in [3.63, 3.8) is 0 Å². The number of alkyl halides is 1. The van der Waals surface area contributed by atoms with Gasteiger partial charge < -0.3 is 5.73 Å². The number of halogens is 1. The van der Waals surface area contributed by atoms with Gasteiger partial charge in [-0.2, -0.15) is 0 Å². The molecule has 1 aliphatic carbocycles. The predicted octanol–water partition coefficient (Wildman–Crippen LogP) is 0.754. The lowest BCUT2D eigenvalue weighted by atomic mass is 10.1. The topological polar surface area (TPSA) is 43.1 Å². The standard InChI is InChI=1S/C6H10FNO/c7-6(5(8)9)3-1-2-4-6/h1-4H2,(H2,8,9). The molecule has 1 amide bonds. The monoisotopic (exact) mass is 131 g/mol. The molecule has 1 saturated carbocycles. The van der Waals surface area contributed by atoms with Crippen molar-refractivity contribution in [2.24, 2.45) is 5.73 Å². The van der Waals surface area contributed by atoms with Gasteiger partial charge in [-0.3, -0.25) is 4.79 Å². The first-order valence-corrected chi connectivity index (χ1v) is 3.14. The highest BCUT2D eigenvalue weighted by Gasteiger charge is 2.39. The molecule has 0 aromatic rings. The molecule has 52 valence electrons. The van der Waals surface area contributed by atoms with Gasteiger partial charge in [0.15, 0.2) is 5.67 Å². The third-order valence-corrected chi connectivity index (χ3v) is 1.84. The van der Waals surface area contributed by atoms with Crippen LogP contribution >= 0.6 is 0 Å². The van der Waals surface area contributed by atoms with E-state index in [0.717, 1.165) is 12.8 Å². The number of nitrogens with two attached hydrogens (primary N) is 1. The first-order valence-electron chi connectivity index (χ1n) is 3.14. The molecule has 2 N–H and O–H groups in total. The minimum absolute atomic E-state index is 0.322. The zero-order valence-corrected chi connectivity index (χ0v) is 5.19. The van der Waals surface area contributed by atoms with Gasteiger partial charge in [0.2, 0.25) is 0 Å². The van der Waals surface area contributed by atoms with Gasteiger partial charge in [-0.25, -0.2) is 4.39 Å². The van der Waals surface area contributed by atoms with Gasteiger partial charge in [-0.05, 0) is 25.7 Å². The van der Waals surface area contributed by atoms with Crippen LogP contribution in [0.15, 0.2) is 0 Å². The molecule has 9 heavy (non-hydrogen) atoms. The molecular formula is C6H10FNO. The molecule has 0 heterocycles. The summed E-state index contributed by atoms with van der Waals surface area (Å²) in [6.07, 6.45) is 2.23. The number of carbonyl (C=O) groups excluding carboxylic acids is 1. The van der Waals surface area contributed by atoms with Crippen molar-refractivity contribution in [1.82, 2.24) is 0 Å². The van der Waals surface area contributed by atoms with E-state index >= 15 is 0 Å². The maximum Gasteiger partial charge on any atom is 0.255 e. The first kappa shape index (κ1) is 6.52. The van der Waals surface area contributed by atoms with E-state index in [1.165, 1.54) is 0 Å². The molecule has 0 bridgehead atoms. The van der Waals surface area contributed by atoms with Crippen molar-refractivity contribution in [3.05, 3.63) is 0 Å². The zero-order valence-electron chi connectivity index (χ0n) is 5.19. The Morgan fingerprint density at radius 2 is 1.89 bits per heavy atom. The Labute approximate surface area is 53.2 Å². The maximum absolute atomic E-state index is 13.0. The van der Waals surface area contributed by atoms with E-state index in [0.29, 0.717) is 12.8 Å². The van der Waals surface area contributed by atoms with Crippen LogP contribution in [0.5, 0.6) is 0 Å². The number of amides is 1. The molecule has 3 heteroatoms. The average Bonchev–Trinajstić information content (AvgIpc) is 2.16. The molecule has 0 unspecified atom stereocenters. The van der Waals surface area contributed by atoms with Gasteiger partial charge in [0.25, 0.3) is 5.91 Å². The van der Waals surface area contributed by atoms with E-state index in [4.69, 9.17) is 5.73 Å². The molecule has 1 rings (SSSR count). The van der Waals surface area contributed by atoms with Crippen LogP contribution in [0.2, 0.25) is 0 Å². The summed E-state index contributed by atoms with van der Waals surface area (Å²) < 4.78 is 13.0. The second-order valence-electron chi connectivity index (χ2n) is 2.54. The Bertz CT molecular complexity index is 129. The molecule has 0 saturated heterocycles. The van der Waals surface area contributed by atoms with E-state index in [1.807, 2.05) is 0 Å². The van der Waals surface area contributed by atoms with Crippen LogP contribution in [0.4, 0.5) is 4.39 Å². The lowest BCUT2D eigenvalue weighted by Crippen LogP contribution is -2.36. The highest BCUT2D eigenvalue weighted by atomic mass is 19.1. The number of rotatable bonds is 1. The quantitative estimate of drug-likeness (QED) is 0.560. The fraction of sp³-hybridized carbons (Fsp3) is 0.833. The Balaban J connectivity index is 2.61. The minimum Gasteiger partial charge on any atom is -0.367 e. The molecule has 2 nitrogen and oxygen atoms in total. The molecule has 1 fully saturated rings. The van der Waals surface area contributed by atoms with Crippen LogP contribution in [-0.4, -0.2) is 11.6 Å². The Hall–Kier alpha value is -0.600. The summed E-state index contributed by atoms with van der Waals surface area (Å²) in [5, 5.41) is 0. The summed E-state index contributed by atoms with van der Waals surface area (Å²) in [4.78, 5) is 10.4. The van der Waals surface area contributed by atoms with Crippen molar-refractivity contribution in [1.29, 1.82) is 0 Å². The summed E-state index contributed by atoms with van der Waals surface area (Å²) >= 11 is 0. The number of carbonyl (C=O) groups is 1. The molecule has 0 spiro atoms. The highest BCUT2D eigenvalue weighted by Crippen LogP contribution is 2.32. The van der Waals surface area contributed by atoms with E-state index in [2.05, 4.69) is 0 Å². The Morgan fingerprint density at radius 1 is 1.44 bits per heavy atom. The van der Waals surface area contributed by atoms with Crippen molar-refractivity contribution in [2.75, 3.05) is 0 Å². The first-order chi connectivity index (χ1) is 4.15. The molecule has 0 atom stereocenters. The Morgan fingerprint density at radius 3 is 2.11 bits per heavy atom. The number of primary amides is 1. The average molecular weight is 131 g/mol. The number of hydrogen-bond acceptors (Lipinski definition) is 1. The van der Waals surface area contributed by atoms with Gasteiger partial charge in [0.05, 0.1) is 0 Å². The van der Waals surface area contributed by atoms with E-state index in [9.17, 15) is 9.18 Å². The van der Waals surface area contributed by atoms with Gasteiger partial charge in [-0.15, -0.1) is 0 Å². The summed E-state index contributed by atoms with van der Waals surface area (Å²) in [6, 6.07) is 0. The van der Waals surface area contributed by atoms with Gasteiger partial charge in [0, 0.05) is 0 Å². The number of hydrogen-bond donors (Lipinski definition) is 1. The molecule has 0 aliphatic heterocycles. The molecular weight excluding hydrogens is 121 g/mol. The lowest BCUT2D eigenvalue weighted by Gasteiger charge is -2.12.